The molecule has 0 heterocycles. The van der Waals surface area contributed by atoms with E-state index < -0.39 is 0 Å². The molecule has 0 aliphatic heterocycles. The Hall–Kier alpha value is 0.940. The lowest BCUT2D eigenvalue weighted by molar-refractivity contribution is 0.996. The zero-order valence-electron chi connectivity index (χ0n) is 4.38. The minimum atomic E-state index is 0. The molecule has 0 bridgehead atoms. The molecule has 0 rings (SSSR count). The summed E-state index contributed by atoms with van der Waals surface area (Å²) in [5.41, 5.74) is 0. The van der Waals surface area contributed by atoms with Gasteiger partial charge in [0.1, 0.15) is 4.32 Å². The van der Waals surface area contributed by atoms with E-state index in [4.69, 9.17) is 0 Å². The van der Waals surface area contributed by atoms with E-state index in [1.807, 2.05) is 6.92 Å². The lowest BCUT2D eigenvalue weighted by Gasteiger charge is -2.00. The minimum absolute atomic E-state index is 0. The van der Waals surface area contributed by atoms with E-state index in [1.54, 1.807) is 0 Å². The molecule has 0 radical (unpaired) electrons. The summed E-state index contributed by atoms with van der Waals surface area (Å²) >= 11 is 8.35. The van der Waals surface area contributed by atoms with Crippen molar-refractivity contribution in [2.75, 3.05) is 6.54 Å². The number of thiocarbonyl (C=S) groups is 1. The molecule has 8 heavy (non-hydrogen) atoms. The van der Waals surface area contributed by atoms with Gasteiger partial charge in [-0.25, -0.2) is 0 Å². The zero-order chi connectivity index (χ0) is 4.99. The zero-order valence-corrected chi connectivity index (χ0v) is 7.72. The summed E-state index contributed by atoms with van der Waals surface area (Å²) in [7, 11) is 0. The molecule has 0 aromatic carbocycles. The van der Waals surface area contributed by atoms with Crippen molar-refractivity contribution in [1.29, 1.82) is 0 Å². The summed E-state index contributed by atoms with van der Waals surface area (Å²) in [4.78, 5) is 0. The molecule has 0 aromatic rings. The number of hydrogen-bond acceptors (Lipinski definition) is 1. The van der Waals surface area contributed by atoms with Crippen LogP contribution in [0.1, 0.15) is 6.92 Å². The predicted octanol–water partition coefficient (Wildman–Crippen LogP) is 0.806. The largest absolute Gasteiger partial charge is 2.00 e. The molecule has 0 aliphatic carbocycles. The topological polar surface area (TPSA) is 12.0 Å². The monoisotopic (exact) mass is 185 g/mol. The highest BCUT2D eigenvalue weighted by atomic mass is 32.1. The third-order valence-electron chi connectivity index (χ3n) is 0.328. The fourth-order valence-electron chi connectivity index (χ4n) is 0.151. The predicted molar refractivity (Wildman–Crippen MR) is 50.0 cm³/mol. The van der Waals surface area contributed by atoms with E-state index in [0.29, 0.717) is 4.32 Å². The first-order valence-corrected chi connectivity index (χ1v) is 2.59. The van der Waals surface area contributed by atoms with E-state index in [-0.39, 0.29) is 27.0 Å². The molecule has 0 aromatic heterocycles. The minimum Gasteiger partial charge on any atom is -2.00 e. The molecular weight excluding hydrogens is 178 g/mol. The Bertz CT molecular complexity index is 55.2. The van der Waals surface area contributed by atoms with Crippen molar-refractivity contribution >= 4 is 56.2 Å². The van der Waals surface area contributed by atoms with Crippen molar-refractivity contribution in [3.63, 3.8) is 0 Å². The van der Waals surface area contributed by atoms with Crippen LogP contribution in [0.5, 0.6) is 0 Å². The lowest BCUT2D eigenvalue weighted by Crippen LogP contribution is -2.14. The maximum absolute atomic E-state index is 4.55. The third-order valence-corrected chi connectivity index (χ3v) is 0.630. The molecule has 0 amide bonds. The fraction of sp³-hybridized carbons (Fsp3) is 0.667. The van der Waals surface area contributed by atoms with Gasteiger partial charge in [0.2, 0.25) is 0 Å². The average Bonchev–Trinajstić information content (AvgIpc) is 1.35. The van der Waals surface area contributed by atoms with Crippen molar-refractivity contribution < 1.29 is 0 Å². The molecule has 0 fully saturated rings. The Kier molecular flexibility index (Phi) is 21.6. The van der Waals surface area contributed by atoms with Crippen molar-refractivity contribution in [1.82, 2.24) is 5.32 Å². The van der Waals surface area contributed by atoms with E-state index in [9.17, 15) is 0 Å². The Morgan fingerprint density at radius 1 is 1.62 bits per heavy atom. The SMILES string of the molecule is CCNC(=S)S.[S-2].[S-2]. The van der Waals surface area contributed by atoms with Crippen LogP contribution in [0.3, 0.4) is 0 Å². The van der Waals surface area contributed by atoms with Crippen LogP contribution < -0.4 is 5.32 Å². The van der Waals surface area contributed by atoms with Gasteiger partial charge in [0.05, 0.1) is 0 Å². The Morgan fingerprint density at radius 3 is 2.00 bits per heavy atom. The van der Waals surface area contributed by atoms with Crippen molar-refractivity contribution in [2.24, 2.45) is 0 Å². The normalized spacial score (nSPS) is 5.75. The van der Waals surface area contributed by atoms with Crippen LogP contribution in [0.15, 0.2) is 0 Å². The summed E-state index contributed by atoms with van der Waals surface area (Å²) in [6.45, 7) is 2.84. The first-order chi connectivity index (χ1) is 2.77. The molecule has 0 atom stereocenters. The van der Waals surface area contributed by atoms with Crippen LogP contribution in [0, 0.1) is 0 Å². The van der Waals surface area contributed by atoms with E-state index >= 15 is 0 Å². The Morgan fingerprint density at radius 2 is 2.00 bits per heavy atom. The third kappa shape index (κ3) is 15.8. The molecule has 0 spiro atoms. The lowest BCUT2D eigenvalue weighted by atomic mass is 10.8. The average molecular weight is 185 g/mol. The van der Waals surface area contributed by atoms with Crippen LogP contribution in [0.2, 0.25) is 0 Å². The second-order valence-electron chi connectivity index (χ2n) is 0.835. The summed E-state index contributed by atoms with van der Waals surface area (Å²) in [6.07, 6.45) is 0. The smallest absolute Gasteiger partial charge is 0.130 e. The summed E-state index contributed by atoms with van der Waals surface area (Å²) in [6, 6.07) is 0. The van der Waals surface area contributed by atoms with Gasteiger partial charge in [0, 0.05) is 6.54 Å². The van der Waals surface area contributed by atoms with Crippen LogP contribution >= 0.6 is 24.8 Å². The van der Waals surface area contributed by atoms with Gasteiger partial charge in [-0.2, -0.15) is 0 Å². The van der Waals surface area contributed by atoms with Gasteiger partial charge in [-0.05, 0) is 6.92 Å². The fourth-order valence-corrected chi connectivity index (χ4v) is 0.454. The van der Waals surface area contributed by atoms with Crippen molar-refractivity contribution in [3.05, 3.63) is 0 Å². The quantitative estimate of drug-likeness (QED) is 0.463. The summed E-state index contributed by atoms with van der Waals surface area (Å²) < 4.78 is 0.567. The van der Waals surface area contributed by atoms with Crippen molar-refractivity contribution in [2.45, 2.75) is 6.92 Å². The van der Waals surface area contributed by atoms with Crippen LogP contribution in [-0.2, 0) is 27.0 Å². The number of thiol groups is 1. The molecule has 0 saturated carbocycles. The second kappa shape index (κ2) is 10.8. The number of hydrogen-bond donors (Lipinski definition) is 2. The summed E-state index contributed by atoms with van der Waals surface area (Å²) in [5, 5.41) is 2.80. The van der Waals surface area contributed by atoms with E-state index in [1.165, 1.54) is 0 Å². The highest BCUT2D eigenvalue weighted by Gasteiger charge is 1.74. The van der Waals surface area contributed by atoms with Gasteiger partial charge in [-0.1, -0.05) is 12.2 Å². The number of rotatable bonds is 1. The van der Waals surface area contributed by atoms with Gasteiger partial charge >= 0.3 is 0 Å². The highest BCUT2D eigenvalue weighted by Crippen LogP contribution is 1.72. The maximum Gasteiger partial charge on any atom is 0.130 e. The molecule has 1 N–H and O–H groups in total. The van der Waals surface area contributed by atoms with Gasteiger partial charge in [-0.3, -0.25) is 0 Å². The molecule has 0 aliphatic rings. The molecular formula is C3H7NS4-4. The van der Waals surface area contributed by atoms with E-state index in [2.05, 4.69) is 30.2 Å². The Balaban J connectivity index is -0.000000125. The molecule has 52 valence electrons. The second-order valence-corrected chi connectivity index (χ2v) is 1.99. The first kappa shape index (κ1) is 16.0. The maximum atomic E-state index is 4.55. The van der Waals surface area contributed by atoms with Crippen LogP contribution in [0.4, 0.5) is 0 Å². The van der Waals surface area contributed by atoms with Crippen LogP contribution in [-0.4, -0.2) is 10.9 Å². The van der Waals surface area contributed by atoms with Gasteiger partial charge in [0.15, 0.2) is 0 Å². The molecule has 5 heteroatoms. The molecule has 0 unspecified atom stereocenters. The highest BCUT2D eigenvalue weighted by molar-refractivity contribution is 8.11. The van der Waals surface area contributed by atoms with Gasteiger partial charge < -0.3 is 32.3 Å². The molecule has 0 saturated heterocycles. The summed E-state index contributed by atoms with van der Waals surface area (Å²) in [5.74, 6) is 0. The Labute approximate surface area is 74.9 Å². The van der Waals surface area contributed by atoms with E-state index in [0.717, 1.165) is 6.54 Å². The molecule has 1 nitrogen and oxygen atoms in total. The van der Waals surface area contributed by atoms with Crippen LogP contribution in [0.25, 0.3) is 0 Å². The standard InChI is InChI=1S/C3H7NS2.2S/c1-2-4-3(5)6;;/h2H2,1H3,(H2,4,5,6);;/q;2*-2. The van der Waals surface area contributed by atoms with Crippen molar-refractivity contribution in [3.8, 4) is 0 Å². The number of nitrogens with one attached hydrogen (secondary N) is 1. The van der Waals surface area contributed by atoms with Gasteiger partial charge in [0.25, 0.3) is 0 Å². The first-order valence-electron chi connectivity index (χ1n) is 1.74. The van der Waals surface area contributed by atoms with Gasteiger partial charge in [-0.15, -0.1) is 12.6 Å².